The molecule has 18 heavy (non-hydrogen) atoms. The molecule has 0 aliphatic carbocycles. The first kappa shape index (κ1) is 12.7. The van der Waals surface area contributed by atoms with Gasteiger partial charge in [0.05, 0.1) is 11.5 Å². The fourth-order valence-electron chi connectivity index (χ4n) is 1.60. The average Bonchev–Trinajstić information content (AvgIpc) is 2.69. The Morgan fingerprint density at radius 3 is 2.72 bits per heavy atom. The minimum Gasteiger partial charge on any atom is -0.324 e. The van der Waals surface area contributed by atoms with Crippen molar-refractivity contribution >= 4 is 21.6 Å². The second kappa shape index (κ2) is 4.83. The van der Waals surface area contributed by atoms with E-state index in [0.717, 1.165) is 0 Å². The summed E-state index contributed by atoms with van der Waals surface area (Å²) in [7, 11) is 1.77. The van der Waals surface area contributed by atoms with E-state index < -0.39 is 4.92 Å². The summed E-state index contributed by atoms with van der Waals surface area (Å²) in [5.41, 5.74) is 6.12. The Morgan fingerprint density at radius 1 is 1.44 bits per heavy atom. The van der Waals surface area contributed by atoms with Crippen molar-refractivity contribution in [1.82, 2.24) is 14.8 Å². The van der Waals surface area contributed by atoms with Crippen LogP contribution in [0.5, 0.6) is 0 Å². The van der Waals surface area contributed by atoms with Crippen LogP contribution in [0, 0.1) is 10.1 Å². The second-order valence-corrected chi connectivity index (χ2v) is 4.57. The van der Waals surface area contributed by atoms with Crippen molar-refractivity contribution in [1.29, 1.82) is 0 Å². The number of hydrogen-bond donors (Lipinski definition) is 1. The Hall–Kier alpha value is -1.80. The molecular formula is C10H10BrN5O2. The monoisotopic (exact) mass is 311 g/mol. The van der Waals surface area contributed by atoms with Gasteiger partial charge < -0.3 is 10.3 Å². The number of aromatic nitrogens is 3. The van der Waals surface area contributed by atoms with Crippen LogP contribution in [0.4, 0.5) is 5.69 Å². The highest BCUT2D eigenvalue weighted by molar-refractivity contribution is 9.10. The summed E-state index contributed by atoms with van der Waals surface area (Å²) < 4.78 is 2.33. The number of nitrogens with two attached hydrogens (primary N) is 1. The number of nitro groups is 1. The van der Waals surface area contributed by atoms with E-state index in [1.54, 1.807) is 17.7 Å². The van der Waals surface area contributed by atoms with Gasteiger partial charge in [0.2, 0.25) is 0 Å². The van der Waals surface area contributed by atoms with Crippen molar-refractivity contribution in [3.63, 3.8) is 0 Å². The van der Waals surface area contributed by atoms with Crippen molar-refractivity contribution in [2.45, 2.75) is 6.54 Å². The van der Waals surface area contributed by atoms with E-state index >= 15 is 0 Å². The van der Waals surface area contributed by atoms with Gasteiger partial charge in [-0.25, -0.2) is 0 Å². The third-order valence-corrected chi connectivity index (χ3v) is 2.96. The number of rotatable bonds is 3. The van der Waals surface area contributed by atoms with Crippen LogP contribution >= 0.6 is 15.9 Å². The van der Waals surface area contributed by atoms with E-state index in [1.165, 1.54) is 12.1 Å². The third-order valence-electron chi connectivity index (χ3n) is 2.50. The molecule has 0 spiro atoms. The quantitative estimate of drug-likeness (QED) is 0.685. The SMILES string of the molecule is Cn1c(CN)nnc1-c1cc(Br)cc([N+](=O)[O-])c1. The Balaban J connectivity index is 2.56. The Bertz CT molecular complexity index is 610. The van der Waals surface area contributed by atoms with Crippen molar-refractivity contribution in [3.8, 4) is 11.4 Å². The molecule has 0 aliphatic heterocycles. The molecule has 0 saturated carbocycles. The van der Waals surface area contributed by atoms with Gasteiger partial charge in [0.15, 0.2) is 5.82 Å². The van der Waals surface area contributed by atoms with Crippen LogP contribution in [-0.4, -0.2) is 19.7 Å². The van der Waals surface area contributed by atoms with Crippen molar-refractivity contribution in [3.05, 3.63) is 38.6 Å². The summed E-state index contributed by atoms with van der Waals surface area (Å²) in [5, 5.41) is 18.7. The first-order valence-corrected chi connectivity index (χ1v) is 5.86. The number of hydrogen-bond acceptors (Lipinski definition) is 5. The normalized spacial score (nSPS) is 10.6. The van der Waals surface area contributed by atoms with E-state index in [-0.39, 0.29) is 12.2 Å². The van der Waals surface area contributed by atoms with Gasteiger partial charge in [-0.3, -0.25) is 10.1 Å². The van der Waals surface area contributed by atoms with Crippen molar-refractivity contribution in [2.75, 3.05) is 0 Å². The molecule has 1 heterocycles. The largest absolute Gasteiger partial charge is 0.324 e. The van der Waals surface area contributed by atoms with Gasteiger partial charge in [-0.05, 0) is 6.07 Å². The lowest BCUT2D eigenvalue weighted by Crippen LogP contribution is -2.05. The van der Waals surface area contributed by atoms with Gasteiger partial charge in [0, 0.05) is 29.2 Å². The van der Waals surface area contributed by atoms with Crippen molar-refractivity contribution < 1.29 is 4.92 Å². The highest BCUT2D eigenvalue weighted by Gasteiger charge is 2.14. The molecule has 0 radical (unpaired) electrons. The molecule has 0 amide bonds. The first-order valence-electron chi connectivity index (χ1n) is 5.06. The lowest BCUT2D eigenvalue weighted by molar-refractivity contribution is -0.384. The Labute approximate surface area is 111 Å². The summed E-state index contributed by atoms with van der Waals surface area (Å²) in [4.78, 5) is 10.4. The highest BCUT2D eigenvalue weighted by Crippen LogP contribution is 2.27. The summed E-state index contributed by atoms with van der Waals surface area (Å²) in [6.07, 6.45) is 0. The maximum absolute atomic E-state index is 10.8. The molecule has 7 nitrogen and oxygen atoms in total. The molecule has 0 saturated heterocycles. The standard InChI is InChI=1S/C10H10BrN5O2/c1-15-9(5-12)13-14-10(15)6-2-7(11)4-8(3-6)16(17)18/h2-4H,5,12H2,1H3. The summed E-state index contributed by atoms with van der Waals surface area (Å²) >= 11 is 3.24. The Morgan fingerprint density at radius 2 is 2.17 bits per heavy atom. The van der Waals surface area contributed by atoms with E-state index in [2.05, 4.69) is 26.1 Å². The fourth-order valence-corrected chi connectivity index (χ4v) is 2.08. The van der Waals surface area contributed by atoms with E-state index in [0.29, 0.717) is 21.7 Å². The maximum Gasteiger partial charge on any atom is 0.271 e. The number of nitrogens with zero attached hydrogens (tertiary/aromatic N) is 4. The predicted octanol–water partition coefficient (Wildman–Crippen LogP) is 1.61. The molecule has 0 fully saturated rings. The zero-order valence-corrected chi connectivity index (χ0v) is 11.1. The molecular weight excluding hydrogens is 302 g/mol. The molecule has 0 bridgehead atoms. The van der Waals surface area contributed by atoms with Crippen LogP contribution < -0.4 is 5.73 Å². The zero-order chi connectivity index (χ0) is 13.3. The van der Waals surface area contributed by atoms with Crippen LogP contribution in [-0.2, 0) is 13.6 Å². The summed E-state index contributed by atoms with van der Waals surface area (Å²) in [6.45, 7) is 0.263. The minimum absolute atomic E-state index is 0.00308. The smallest absolute Gasteiger partial charge is 0.271 e. The van der Waals surface area contributed by atoms with Gasteiger partial charge in [0.25, 0.3) is 5.69 Å². The number of non-ortho nitro benzene ring substituents is 1. The maximum atomic E-state index is 10.8. The molecule has 0 aliphatic rings. The highest BCUT2D eigenvalue weighted by atomic mass is 79.9. The van der Waals surface area contributed by atoms with Crippen LogP contribution in [0.1, 0.15) is 5.82 Å². The molecule has 8 heteroatoms. The lowest BCUT2D eigenvalue weighted by atomic mass is 10.2. The van der Waals surface area contributed by atoms with Crippen LogP contribution in [0.3, 0.4) is 0 Å². The second-order valence-electron chi connectivity index (χ2n) is 3.66. The molecule has 94 valence electrons. The minimum atomic E-state index is -0.450. The summed E-state index contributed by atoms with van der Waals surface area (Å²) in [5.74, 6) is 1.16. The van der Waals surface area contributed by atoms with Gasteiger partial charge >= 0.3 is 0 Å². The number of benzene rings is 1. The van der Waals surface area contributed by atoms with Crippen molar-refractivity contribution in [2.24, 2.45) is 12.8 Å². The molecule has 0 unspecified atom stereocenters. The van der Waals surface area contributed by atoms with E-state index in [4.69, 9.17) is 5.73 Å². The topological polar surface area (TPSA) is 99.9 Å². The molecule has 1 aromatic heterocycles. The Kier molecular flexibility index (Phi) is 3.39. The first-order chi connectivity index (χ1) is 8.52. The van der Waals surface area contributed by atoms with E-state index in [9.17, 15) is 10.1 Å². The number of nitro benzene ring substituents is 1. The fraction of sp³-hybridized carbons (Fsp3) is 0.200. The average molecular weight is 312 g/mol. The molecule has 1 aromatic carbocycles. The third kappa shape index (κ3) is 2.24. The van der Waals surface area contributed by atoms with E-state index in [1.807, 2.05) is 0 Å². The molecule has 2 N–H and O–H groups in total. The van der Waals surface area contributed by atoms with Gasteiger partial charge in [0.1, 0.15) is 5.82 Å². The van der Waals surface area contributed by atoms with Crippen LogP contribution in [0.15, 0.2) is 22.7 Å². The number of halogens is 1. The predicted molar refractivity (Wildman–Crippen MR) is 68.7 cm³/mol. The lowest BCUT2D eigenvalue weighted by Gasteiger charge is -2.03. The van der Waals surface area contributed by atoms with Crippen LogP contribution in [0.25, 0.3) is 11.4 Å². The molecule has 2 aromatic rings. The van der Waals surface area contributed by atoms with Crippen LogP contribution in [0.2, 0.25) is 0 Å². The summed E-state index contributed by atoms with van der Waals surface area (Å²) in [6, 6.07) is 4.64. The van der Waals surface area contributed by atoms with Gasteiger partial charge in [-0.15, -0.1) is 10.2 Å². The molecule has 0 atom stereocenters. The zero-order valence-electron chi connectivity index (χ0n) is 9.50. The van der Waals surface area contributed by atoms with Gasteiger partial charge in [-0.1, -0.05) is 15.9 Å². The van der Waals surface area contributed by atoms with Gasteiger partial charge in [-0.2, -0.15) is 0 Å². The molecule has 2 rings (SSSR count).